The lowest BCUT2D eigenvalue weighted by molar-refractivity contribution is 0.00578. The van der Waals surface area contributed by atoms with E-state index in [0.29, 0.717) is 0 Å². The Balaban J connectivity index is 1.91. The molecule has 0 amide bonds. The number of pyridine rings is 1. The lowest BCUT2D eigenvalue weighted by Gasteiger charge is -2.32. The van der Waals surface area contributed by atoms with Gasteiger partial charge in [0.15, 0.2) is 0 Å². The summed E-state index contributed by atoms with van der Waals surface area (Å²) in [5, 5.41) is 0. The molecule has 0 spiro atoms. The maximum absolute atomic E-state index is 6.04. The van der Waals surface area contributed by atoms with Crippen LogP contribution in [0, 0.1) is 0 Å². The van der Waals surface area contributed by atoms with E-state index in [1.807, 2.05) is 33.8 Å². The molecular weight excluding hydrogens is 345 g/mol. The number of hydrogen-bond acceptors (Lipinski definition) is 5. The summed E-state index contributed by atoms with van der Waals surface area (Å²) in [4.78, 5) is 12.5. The number of halogens is 1. The van der Waals surface area contributed by atoms with Gasteiger partial charge in [0.1, 0.15) is 6.33 Å². The summed E-state index contributed by atoms with van der Waals surface area (Å²) in [6, 6.07) is 1.97. The zero-order valence-electron chi connectivity index (χ0n) is 13.0. The summed E-state index contributed by atoms with van der Waals surface area (Å²) in [6.45, 7) is 8.13. The van der Waals surface area contributed by atoms with Crippen molar-refractivity contribution in [3.8, 4) is 11.3 Å². The number of aromatic nitrogens is 3. The molecule has 0 atom stereocenters. The van der Waals surface area contributed by atoms with E-state index < -0.39 is 7.12 Å². The van der Waals surface area contributed by atoms with Crippen LogP contribution in [0.15, 0.2) is 35.5 Å². The highest BCUT2D eigenvalue weighted by Crippen LogP contribution is 2.36. The van der Waals surface area contributed by atoms with Gasteiger partial charge in [0, 0.05) is 34.1 Å². The SMILES string of the molecule is CC1(C)OB(c2cnc(-c3cncnc3)c(Br)c2)OC1(C)C. The molecule has 0 unspecified atom stereocenters. The molecule has 0 saturated carbocycles. The fourth-order valence-electron chi connectivity index (χ4n) is 2.19. The molecular formula is C15H17BBrN3O2. The van der Waals surface area contributed by atoms with Gasteiger partial charge in [-0.2, -0.15) is 0 Å². The largest absolute Gasteiger partial charge is 0.496 e. The molecule has 3 heterocycles. The molecule has 1 aliphatic heterocycles. The minimum Gasteiger partial charge on any atom is -0.399 e. The first-order valence-corrected chi connectivity index (χ1v) is 7.86. The van der Waals surface area contributed by atoms with Crippen LogP contribution < -0.4 is 5.46 Å². The van der Waals surface area contributed by atoms with Crippen LogP contribution in [0.5, 0.6) is 0 Å². The lowest BCUT2D eigenvalue weighted by Crippen LogP contribution is -2.41. The van der Waals surface area contributed by atoms with Crippen molar-refractivity contribution in [3.05, 3.63) is 35.5 Å². The highest BCUT2D eigenvalue weighted by atomic mass is 79.9. The maximum Gasteiger partial charge on any atom is 0.496 e. The normalized spacial score (nSPS) is 19.4. The fourth-order valence-corrected chi connectivity index (χ4v) is 2.79. The first-order valence-electron chi connectivity index (χ1n) is 7.07. The summed E-state index contributed by atoms with van der Waals surface area (Å²) in [5.41, 5.74) is 1.80. The second-order valence-corrected chi connectivity index (χ2v) is 7.17. The van der Waals surface area contributed by atoms with E-state index in [1.54, 1.807) is 18.6 Å². The first-order chi connectivity index (χ1) is 10.3. The molecule has 2 aromatic heterocycles. The van der Waals surface area contributed by atoms with E-state index in [2.05, 4.69) is 30.9 Å². The van der Waals surface area contributed by atoms with Crippen LogP contribution in [0.1, 0.15) is 27.7 Å². The molecule has 7 heteroatoms. The summed E-state index contributed by atoms with van der Waals surface area (Å²) < 4.78 is 12.9. The van der Waals surface area contributed by atoms with Crippen LogP contribution in [-0.4, -0.2) is 33.3 Å². The zero-order chi connectivity index (χ0) is 16.0. The summed E-state index contributed by atoms with van der Waals surface area (Å²) in [6.07, 6.45) is 6.73. The molecule has 0 aromatic carbocycles. The van der Waals surface area contributed by atoms with Gasteiger partial charge in [0.05, 0.1) is 16.9 Å². The Labute approximate surface area is 138 Å². The van der Waals surface area contributed by atoms with Crippen molar-refractivity contribution in [2.45, 2.75) is 38.9 Å². The van der Waals surface area contributed by atoms with Crippen LogP contribution in [0.25, 0.3) is 11.3 Å². The van der Waals surface area contributed by atoms with Gasteiger partial charge in [-0.05, 0) is 49.7 Å². The molecule has 0 radical (unpaired) electrons. The van der Waals surface area contributed by atoms with E-state index in [0.717, 1.165) is 21.2 Å². The van der Waals surface area contributed by atoms with Crippen molar-refractivity contribution < 1.29 is 9.31 Å². The van der Waals surface area contributed by atoms with Crippen LogP contribution in [0.3, 0.4) is 0 Å². The minimum atomic E-state index is -0.421. The van der Waals surface area contributed by atoms with Gasteiger partial charge in [0.2, 0.25) is 0 Å². The van der Waals surface area contributed by atoms with Crippen molar-refractivity contribution in [2.24, 2.45) is 0 Å². The molecule has 114 valence electrons. The molecule has 0 aliphatic carbocycles. The number of rotatable bonds is 2. The van der Waals surface area contributed by atoms with Crippen LogP contribution in [0.4, 0.5) is 0 Å². The van der Waals surface area contributed by atoms with Crippen LogP contribution in [-0.2, 0) is 9.31 Å². The van der Waals surface area contributed by atoms with Crippen molar-refractivity contribution in [1.29, 1.82) is 0 Å². The Bertz CT molecular complexity index is 678. The molecule has 5 nitrogen and oxygen atoms in total. The summed E-state index contributed by atoms with van der Waals surface area (Å²) in [7, 11) is -0.421. The molecule has 1 fully saturated rings. The minimum absolute atomic E-state index is 0.365. The van der Waals surface area contributed by atoms with E-state index >= 15 is 0 Å². The Morgan fingerprint density at radius 2 is 1.59 bits per heavy atom. The standard InChI is InChI=1S/C15H17BBrN3O2/c1-14(2)15(3,4)22-16(21-14)11-5-12(17)13(20-8-11)10-6-18-9-19-7-10/h5-9H,1-4H3. The molecule has 2 aromatic rings. The Morgan fingerprint density at radius 3 is 2.14 bits per heavy atom. The maximum atomic E-state index is 6.04. The lowest BCUT2D eigenvalue weighted by atomic mass is 9.80. The third-order valence-electron chi connectivity index (χ3n) is 4.22. The topological polar surface area (TPSA) is 57.1 Å². The van der Waals surface area contributed by atoms with E-state index in [9.17, 15) is 0 Å². The first kappa shape index (κ1) is 15.6. The van der Waals surface area contributed by atoms with Gasteiger partial charge in [-0.1, -0.05) is 0 Å². The second-order valence-electron chi connectivity index (χ2n) is 6.31. The molecule has 1 saturated heterocycles. The molecule has 3 rings (SSSR count). The van der Waals surface area contributed by atoms with Gasteiger partial charge in [-0.15, -0.1) is 0 Å². The van der Waals surface area contributed by atoms with Crippen molar-refractivity contribution in [3.63, 3.8) is 0 Å². The number of nitrogens with zero attached hydrogens (tertiary/aromatic N) is 3. The quantitative estimate of drug-likeness (QED) is 0.769. The Kier molecular flexibility index (Phi) is 3.83. The van der Waals surface area contributed by atoms with Crippen molar-refractivity contribution in [1.82, 2.24) is 15.0 Å². The van der Waals surface area contributed by atoms with E-state index in [1.165, 1.54) is 6.33 Å². The smallest absolute Gasteiger partial charge is 0.399 e. The van der Waals surface area contributed by atoms with Crippen molar-refractivity contribution >= 4 is 28.5 Å². The van der Waals surface area contributed by atoms with E-state index in [-0.39, 0.29) is 11.2 Å². The van der Waals surface area contributed by atoms with Gasteiger partial charge < -0.3 is 9.31 Å². The third kappa shape index (κ3) is 2.68. The molecule has 1 aliphatic rings. The highest BCUT2D eigenvalue weighted by Gasteiger charge is 2.51. The predicted octanol–water partition coefficient (Wildman–Crippen LogP) is 2.60. The molecule has 22 heavy (non-hydrogen) atoms. The average Bonchev–Trinajstić information content (AvgIpc) is 2.68. The van der Waals surface area contributed by atoms with Gasteiger partial charge in [-0.3, -0.25) is 4.98 Å². The predicted molar refractivity (Wildman–Crippen MR) is 88.7 cm³/mol. The number of hydrogen-bond donors (Lipinski definition) is 0. The Hall–Kier alpha value is -1.31. The summed E-state index contributed by atoms with van der Waals surface area (Å²) in [5.74, 6) is 0. The average molecular weight is 362 g/mol. The molecule has 0 bridgehead atoms. The molecule has 0 N–H and O–H groups in total. The fraction of sp³-hybridized carbons (Fsp3) is 0.400. The zero-order valence-corrected chi connectivity index (χ0v) is 14.6. The second kappa shape index (κ2) is 5.40. The Morgan fingerprint density at radius 1 is 1.00 bits per heavy atom. The van der Waals surface area contributed by atoms with E-state index in [4.69, 9.17) is 9.31 Å². The van der Waals surface area contributed by atoms with Crippen LogP contribution in [0.2, 0.25) is 0 Å². The van der Waals surface area contributed by atoms with Gasteiger partial charge in [0.25, 0.3) is 0 Å². The third-order valence-corrected chi connectivity index (χ3v) is 4.83. The van der Waals surface area contributed by atoms with Crippen molar-refractivity contribution in [2.75, 3.05) is 0 Å². The van der Waals surface area contributed by atoms with Crippen LogP contribution >= 0.6 is 15.9 Å². The monoisotopic (exact) mass is 361 g/mol. The summed E-state index contributed by atoms with van der Waals surface area (Å²) >= 11 is 3.56. The highest BCUT2D eigenvalue weighted by molar-refractivity contribution is 9.10. The van der Waals surface area contributed by atoms with Gasteiger partial charge in [-0.25, -0.2) is 9.97 Å². The van der Waals surface area contributed by atoms with Gasteiger partial charge >= 0.3 is 7.12 Å².